The molecule has 0 aliphatic rings. The highest BCUT2D eigenvalue weighted by Gasteiger charge is 2.29. The zero-order valence-electron chi connectivity index (χ0n) is 23.2. The van der Waals surface area contributed by atoms with Crippen molar-refractivity contribution in [2.24, 2.45) is 0 Å². The van der Waals surface area contributed by atoms with Crippen molar-refractivity contribution in [3.05, 3.63) is 146 Å². The largest absolute Gasteiger partial charge is 0.452 e. The summed E-state index contributed by atoms with van der Waals surface area (Å²) in [4.78, 5) is 41.5. The molecule has 1 aromatic heterocycles. The quantitative estimate of drug-likeness (QED) is 0.125. The van der Waals surface area contributed by atoms with Crippen LogP contribution < -0.4 is 15.6 Å². The number of carbonyl (C=O) groups is 2. The van der Waals surface area contributed by atoms with E-state index in [2.05, 4.69) is 10.3 Å². The minimum atomic E-state index is -0.772. The highest BCUT2D eigenvalue weighted by atomic mass is 35.5. The SMILES string of the molecule is CCC(NCc1ccccc1)C(OC(=O)c1ccc(Cl)cc1)c1ccc(OC(=O)c2ccc(Cl)cc2)c2[nH]c(=O)ccc12. The summed E-state index contributed by atoms with van der Waals surface area (Å²) in [5.41, 5.74) is 2.27. The van der Waals surface area contributed by atoms with E-state index in [9.17, 15) is 14.4 Å². The lowest BCUT2D eigenvalue weighted by molar-refractivity contribution is 0.0191. The Hall–Kier alpha value is -4.43. The van der Waals surface area contributed by atoms with Crippen molar-refractivity contribution in [1.29, 1.82) is 0 Å². The molecular formula is C34H28Cl2N2O5. The third-order valence-electron chi connectivity index (χ3n) is 7.01. The van der Waals surface area contributed by atoms with Gasteiger partial charge in [0.25, 0.3) is 0 Å². The molecule has 5 aromatic rings. The van der Waals surface area contributed by atoms with Crippen molar-refractivity contribution in [2.45, 2.75) is 32.0 Å². The van der Waals surface area contributed by atoms with Gasteiger partial charge in [-0.2, -0.15) is 0 Å². The number of carbonyl (C=O) groups excluding carboxylic acids is 2. The molecule has 0 saturated heterocycles. The number of aromatic nitrogens is 1. The Morgan fingerprint density at radius 2 is 1.42 bits per heavy atom. The first-order valence-corrected chi connectivity index (χ1v) is 14.5. The van der Waals surface area contributed by atoms with Crippen LogP contribution in [0.3, 0.4) is 0 Å². The van der Waals surface area contributed by atoms with Crippen molar-refractivity contribution in [3.8, 4) is 5.75 Å². The van der Waals surface area contributed by atoms with Crippen LogP contribution in [0.1, 0.15) is 51.3 Å². The molecule has 218 valence electrons. The standard InChI is InChI=1S/C34H28Cl2N2O5/c1-2-28(37-20-21-6-4-3-5-7-21)32(43-34(41)23-10-14-25(36)15-11-23)27-16-18-29(31-26(27)17-19-30(39)38-31)42-33(40)22-8-12-24(35)13-9-22/h3-19,28,32,37H,2,20H2,1H3,(H,38,39). The molecule has 0 aliphatic heterocycles. The summed E-state index contributed by atoms with van der Waals surface area (Å²) >= 11 is 12.0. The highest BCUT2D eigenvalue weighted by Crippen LogP contribution is 2.35. The molecule has 0 fully saturated rings. The normalized spacial score (nSPS) is 12.4. The molecule has 2 unspecified atom stereocenters. The molecule has 0 amide bonds. The average molecular weight is 616 g/mol. The molecule has 1 heterocycles. The van der Waals surface area contributed by atoms with Gasteiger partial charge in [-0.05, 0) is 72.6 Å². The topological polar surface area (TPSA) is 97.5 Å². The van der Waals surface area contributed by atoms with Gasteiger partial charge in [0.15, 0.2) is 5.75 Å². The zero-order chi connectivity index (χ0) is 30.3. The molecule has 0 spiro atoms. The third-order valence-corrected chi connectivity index (χ3v) is 7.51. The number of ether oxygens (including phenoxy) is 2. The third kappa shape index (κ3) is 7.32. The molecule has 0 aliphatic carbocycles. The van der Waals surface area contributed by atoms with Crippen LogP contribution in [0.2, 0.25) is 10.0 Å². The van der Waals surface area contributed by atoms with Crippen LogP contribution in [0.25, 0.3) is 10.9 Å². The molecule has 4 aromatic carbocycles. The number of halogens is 2. The maximum absolute atomic E-state index is 13.4. The number of esters is 2. The summed E-state index contributed by atoms with van der Waals surface area (Å²) in [6.45, 7) is 2.54. The van der Waals surface area contributed by atoms with E-state index in [1.165, 1.54) is 6.07 Å². The van der Waals surface area contributed by atoms with Gasteiger partial charge in [-0.1, -0.05) is 66.5 Å². The Labute approximate surface area is 258 Å². The van der Waals surface area contributed by atoms with Gasteiger partial charge >= 0.3 is 11.9 Å². The van der Waals surface area contributed by atoms with Crippen molar-refractivity contribution >= 4 is 46.0 Å². The summed E-state index contributed by atoms with van der Waals surface area (Å²) in [6, 6.07) is 28.7. The Kier molecular flexibility index (Phi) is 9.57. The van der Waals surface area contributed by atoms with Crippen LogP contribution in [0, 0.1) is 0 Å². The maximum Gasteiger partial charge on any atom is 0.343 e. The molecule has 5 rings (SSSR count). The minimum Gasteiger partial charge on any atom is -0.452 e. The number of hydrogen-bond acceptors (Lipinski definition) is 6. The van der Waals surface area contributed by atoms with Crippen LogP contribution in [-0.4, -0.2) is 23.0 Å². The molecule has 7 nitrogen and oxygen atoms in total. The van der Waals surface area contributed by atoms with Gasteiger partial charge in [0.1, 0.15) is 6.10 Å². The summed E-state index contributed by atoms with van der Waals surface area (Å²) in [5.74, 6) is -0.987. The number of H-pyrrole nitrogens is 1. The monoisotopic (exact) mass is 614 g/mol. The van der Waals surface area contributed by atoms with E-state index < -0.39 is 18.0 Å². The number of nitrogens with one attached hydrogen (secondary N) is 2. The lowest BCUT2D eigenvalue weighted by atomic mass is 9.95. The number of rotatable bonds is 10. The Balaban J connectivity index is 1.54. The maximum atomic E-state index is 13.4. The number of benzene rings is 4. The van der Waals surface area contributed by atoms with Crippen LogP contribution >= 0.6 is 23.2 Å². The lowest BCUT2D eigenvalue weighted by Crippen LogP contribution is -2.36. The van der Waals surface area contributed by atoms with E-state index in [4.69, 9.17) is 32.7 Å². The second kappa shape index (κ2) is 13.7. The predicted molar refractivity (Wildman–Crippen MR) is 168 cm³/mol. The smallest absolute Gasteiger partial charge is 0.343 e. The van der Waals surface area contributed by atoms with E-state index in [0.717, 1.165) is 5.56 Å². The van der Waals surface area contributed by atoms with Gasteiger partial charge in [0.2, 0.25) is 5.56 Å². The van der Waals surface area contributed by atoms with Crippen LogP contribution in [0.4, 0.5) is 0 Å². The number of fused-ring (bicyclic) bond motifs is 1. The van der Waals surface area contributed by atoms with Crippen LogP contribution in [0.5, 0.6) is 5.75 Å². The Bertz CT molecular complexity index is 1790. The van der Waals surface area contributed by atoms with Gasteiger partial charge in [-0.15, -0.1) is 0 Å². The summed E-state index contributed by atoms with van der Waals surface area (Å²) in [6.07, 6.45) is -0.157. The summed E-state index contributed by atoms with van der Waals surface area (Å²) in [5, 5.41) is 5.09. The average Bonchev–Trinajstić information content (AvgIpc) is 3.02. The Morgan fingerprint density at radius 1 is 0.791 bits per heavy atom. The van der Waals surface area contributed by atoms with E-state index in [-0.39, 0.29) is 17.4 Å². The number of hydrogen-bond donors (Lipinski definition) is 2. The van der Waals surface area contributed by atoms with Crippen molar-refractivity contribution in [3.63, 3.8) is 0 Å². The fraction of sp³-hybridized carbons (Fsp3) is 0.147. The number of pyridine rings is 1. The Morgan fingerprint density at radius 3 is 2.05 bits per heavy atom. The first-order valence-electron chi connectivity index (χ1n) is 13.7. The molecule has 0 bridgehead atoms. The predicted octanol–water partition coefficient (Wildman–Crippen LogP) is 7.52. The molecule has 2 N–H and O–H groups in total. The van der Waals surface area contributed by atoms with E-state index in [0.29, 0.717) is 50.6 Å². The molecule has 0 radical (unpaired) electrons. The summed E-state index contributed by atoms with van der Waals surface area (Å²) in [7, 11) is 0. The van der Waals surface area contributed by atoms with Gasteiger partial charge in [-0.25, -0.2) is 9.59 Å². The minimum absolute atomic E-state index is 0.157. The summed E-state index contributed by atoms with van der Waals surface area (Å²) < 4.78 is 11.9. The molecule has 43 heavy (non-hydrogen) atoms. The first-order chi connectivity index (χ1) is 20.8. The second-order valence-electron chi connectivity index (χ2n) is 9.87. The van der Waals surface area contributed by atoms with Gasteiger partial charge in [0, 0.05) is 39.6 Å². The molecular weight excluding hydrogens is 587 g/mol. The van der Waals surface area contributed by atoms with E-state index in [1.807, 2.05) is 37.3 Å². The second-order valence-corrected chi connectivity index (χ2v) is 10.7. The van der Waals surface area contributed by atoms with Crippen LogP contribution in [-0.2, 0) is 11.3 Å². The van der Waals surface area contributed by atoms with Crippen molar-refractivity contribution < 1.29 is 19.1 Å². The van der Waals surface area contributed by atoms with E-state index >= 15 is 0 Å². The van der Waals surface area contributed by atoms with Crippen LogP contribution in [0.15, 0.2) is 108 Å². The highest BCUT2D eigenvalue weighted by molar-refractivity contribution is 6.31. The lowest BCUT2D eigenvalue weighted by Gasteiger charge is -2.29. The van der Waals surface area contributed by atoms with Gasteiger partial charge in [-0.3, -0.25) is 4.79 Å². The van der Waals surface area contributed by atoms with Gasteiger partial charge < -0.3 is 19.8 Å². The van der Waals surface area contributed by atoms with Crippen molar-refractivity contribution in [1.82, 2.24) is 10.3 Å². The molecule has 0 saturated carbocycles. The fourth-order valence-corrected chi connectivity index (χ4v) is 5.02. The zero-order valence-corrected chi connectivity index (χ0v) is 24.7. The van der Waals surface area contributed by atoms with Crippen molar-refractivity contribution in [2.75, 3.05) is 0 Å². The molecule has 9 heteroatoms. The first kappa shape index (κ1) is 30.0. The van der Waals surface area contributed by atoms with Gasteiger partial charge in [0.05, 0.1) is 16.6 Å². The van der Waals surface area contributed by atoms with E-state index in [1.54, 1.807) is 66.7 Å². The number of aromatic amines is 1. The molecule has 2 atom stereocenters. The fourth-order valence-electron chi connectivity index (χ4n) is 4.77.